The molecule has 1 aromatic carbocycles. The first-order valence-corrected chi connectivity index (χ1v) is 11.2. The predicted molar refractivity (Wildman–Crippen MR) is 110 cm³/mol. The summed E-state index contributed by atoms with van der Waals surface area (Å²) in [6, 6.07) is 8.75. The molecule has 1 aliphatic carbocycles. The SMILES string of the molecule is Cc1ccc(NC(=O)Cc2nc(C[NH+]3CCC[C@H]4CCCC[C@@H]43)cs2)cc1. The van der Waals surface area contributed by atoms with E-state index in [0.717, 1.165) is 29.2 Å². The van der Waals surface area contributed by atoms with Crippen molar-refractivity contribution in [2.24, 2.45) is 5.92 Å². The quantitative estimate of drug-likeness (QED) is 0.830. The topological polar surface area (TPSA) is 46.4 Å². The number of amides is 1. The molecule has 1 unspecified atom stereocenters. The van der Waals surface area contributed by atoms with Crippen molar-refractivity contribution in [2.75, 3.05) is 11.9 Å². The van der Waals surface area contributed by atoms with E-state index < -0.39 is 0 Å². The molecule has 1 saturated heterocycles. The maximum absolute atomic E-state index is 12.3. The third kappa shape index (κ3) is 4.77. The van der Waals surface area contributed by atoms with Crippen molar-refractivity contribution >= 4 is 22.9 Å². The lowest BCUT2D eigenvalue weighted by atomic mass is 9.78. The zero-order valence-electron chi connectivity index (χ0n) is 16.2. The van der Waals surface area contributed by atoms with Gasteiger partial charge in [-0.1, -0.05) is 24.1 Å². The van der Waals surface area contributed by atoms with E-state index in [0.29, 0.717) is 6.42 Å². The molecule has 4 nitrogen and oxygen atoms in total. The molecule has 0 bridgehead atoms. The van der Waals surface area contributed by atoms with Gasteiger partial charge in [-0.3, -0.25) is 4.79 Å². The van der Waals surface area contributed by atoms with Gasteiger partial charge >= 0.3 is 0 Å². The molecule has 2 aromatic rings. The molecule has 1 aliphatic heterocycles. The maximum Gasteiger partial charge on any atom is 0.231 e. The molecule has 1 amide bonds. The van der Waals surface area contributed by atoms with Crippen molar-refractivity contribution in [1.82, 2.24) is 4.98 Å². The number of aromatic nitrogens is 1. The van der Waals surface area contributed by atoms with Crippen molar-refractivity contribution in [3.05, 3.63) is 45.9 Å². The van der Waals surface area contributed by atoms with Crippen LogP contribution in [0, 0.1) is 12.8 Å². The predicted octanol–water partition coefficient (Wildman–Crippen LogP) is 3.37. The summed E-state index contributed by atoms with van der Waals surface area (Å²) in [6.45, 7) is 4.35. The number of carbonyl (C=O) groups excluding carboxylic acids is 1. The minimum atomic E-state index is 0.0115. The molecule has 2 aliphatic rings. The molecule has 4 rings (SSSR count). The molecule has 0 radical (unpaired) electrons. The Kier molecular flexibility index (Phi) is 5.89. The Hall–Kier alpha value is -1.72. The number of carbonyl (C=O) groups is 1. The summed E-state index contributed by atoms with van der Waals surface area (Å²) in [5.41, 5.74) is 3.21. The molecule has 27 heavy (non-hydrogen) atoms. The van der Waals surface area contributed by atoms with Crippen LogP contribution in [-0.4, -0.2) is 23.5 Å². The van der Waals surface area contributed by atoms with Gasteiger partial charge in [-0.2, -0.15) is 0 Å². The molecule has 1 aromatic heterocycles. The number of fused-ring (bicyclic) bond motifs is 1. The van der Waals surface area contributed by atoms with E-state index in [1.165, 1.54) is 56.3 Å². The number of likely N-dealkylation sites (tertiary alicyclic amines) is 1. The van der Waals surface area contributed by atoms with Crippen LogP contribution < -0.4 is 10.2 Å². The van der Waals surface area contributed by atoms with Crippen LogP contribution >= 0.6 is 11.3 Å². The lowest BCUT2D eigenvalue weighted by molar-refractivity contribution is -0.949. The molecule has 144 valence electrons. The Morgan fingerprint density at radius 1 is 1.19 bits per heavy atom. The molecule has 3 atom stereocenters. The fourth-order valence-electron chi connectivity index (χ4n) is 4.81. The first-order chi connectivity index (χ1) is 13.2. The van der Waals surface area contributed by atoms with Crippen LogP contribution in [0.15, 0.2) is 29.6 Å². The Balaban J connectivity index is 1.32. The van der Waals surface area contributed by atoms with Crippen LogP contribution in [0.2, 0.25) is 0 Å². The monoisotopic (exact) mass is 384 g/mol. The minimum absolute atomic E-state index is 0.0115. The standard InChI is InChI=1S/C22H29N3OS/c1-16-8-10-18(11-9-16)23-21(26)13-22-24-19(15-27-22)14-25-12-4-6-17-5-2-3-7-20(17)25/h8-11,15,17,20H,2-7,12-14H2,1H3,(H,23,26)/p+1/t17-,20+/m1/s1. The van der Waals surface area contributed by atoms with Gasteiger partial charge in [0.1, 0.15) is 17.2 Å². The van der Waals surface area contributed by atoms with Gasteiger partial charge in [-0.25, -0.2) is 4.98 Å². The molecular formula is C22H30N3OS+. The average molecular weight is 385 g/mol. The number of nitrogens with zero attached hydrogens (tertiary/aromatic N) is 1. The van der Waals surface area contributed by atoms with Gasteiger partial charge in [0.05, 0.1) is 19.0 Å². The molecular weight excluding hydrogens is 354 g/mol. The van der Waals surface area contributed by atoms with Crippen LogP contribution in [0.5, 0.6) is 0 Å². The molecule has 2 N–H and O–H groups in total. The number of aryl methyl sites for hydroxylation is 1. The summed E-state index contributed by atoms with van der Waals surface area (Å²) in [5, 5.41) is 6.05. The fraction of sp³-hybridized carbons (Fsp3) is 0.545. The first kappa shape index (κ1) is 18.6. The fourth-order valence-corrected chi connectivity index (χ4v) is 5.60. The van der Waals surface area contributed by atoms with Crippen LogP contribution in [0.25, 0.3) is 0 Å². The van der Waals surface area contributed by atoms with Crippen LogP contribution in [0.1, 0.15) is 54.8 Å². The van der Waals surface area contributed by atoms with Crippen molar-refractivity contribution in [2.45, 2.75) is 64.5 Å². The number of benzene rings is 1. The zero-order valence-corrected chi connectivity index (χ0v) is 17.0. The number of hydrogen-bond acceptors (Lipinski definition) is 3. The largest absolute Gasteiger partial charge is 0.327 e. The van der Waals surface area contributed by atoms with Gasteiger partial charge in [-0.05, 0) is 51.2 Å². The summed E-state index contributed by atoms with van der Waals surface area (Å²) in [6.07, 6.45) is 8.77. The Morgan fingerprint density at radius 3 is 2.81 bits per heavy atom. The summed E-state index contributed by atoms with van der Waals surface area (Å²) < 4.78 is 0. The molecule has 2 fully saturated rings. The third-order valence-corrected chi connectivity index (χ3v) is 7.06. The molecule has 1 saturated carbocycles. The number of rotatable bonds is 5. The molecule has 0 spiro atoms. The number of thiazole rings is 1. The Labute approximate surface area is 166 Å². The number of piperidine rings is 1. The minimum Gasteiger partial charge on any atom is -0.327 e. The normalized spacial score (nSPS) is 25.0. The van der Waals surface area contributed by atoms with E-state index in [1.807, 2.05) is 31.2 Å². The van der Waals surface area contributed by atoms with E-state index in [9.17, 15) is 4.79 Å². The highest BCUT2D eigenvalue weighted by molar-refractivity contribution is 7.09. The van der Waals surface area contributed by atoms with Crippen LogP contribution in [0.4, 0.5) is 5.69 Å². The van der Waals surface area contributed by atoms with Gasteiger partial charge in [0.15, 0.2) is 0 Å². The van der Waals surface area contributed by atoms with E-state index in [2.05, 4.69) is 10.7 Å². The van der Waals surface area contributed by atoms with Gasteiger partial charge in [-0.15, -0.1) is 11.3 Å². The average Bonchev–Trinajstić information content (AvgIpc) is 3.10. The van der Waals surface area contributed by atoms with Crippen molar-refractivity contribution < 1.29 is 9.69 Å². The van der Waals surface area contributed by atoms with Crippen molar-refractivity contribution in [1.29, 1.82) is 0 Å². The highest BCUT2D eigenvalue weighted by Gasteiger charge is 2.36. The summed E-state index contributed by atoms with van der Waals surface area (Å²) in [5.74, 6) is 0.943. The lowest BCUT2D eigenvalue weighted by Gasteiger charge is -2.40. The van der Waals surface area contributed by atoms with E-state index in [4.69, 9.17) is 4.98 Å². The van der Waals surface area contributed by atoms with Crippen molar-refractivity contribution in [3.8, 4) is 0 Å². The molecule has 5 heteroatoms. The van der Waals surface area contributed by atoms with E-state index in [1.54, 1.807) is 16.2 Å². The van der Waals surface area contributed by atoms with Crippen LogP contribution in [-0.2, 0) is 17.8 Å². The highest BCUT2D eigenvalue weighted by Crippen LogP contribution is 2.28. The number of nitrogens with one attached hydrogen (secondary N) is 2. The molecule has 2 heterocycles. The number of hydrogen-bond donors (Lipinski definition) is 2. The second-order valence-electron chi connectivity index (χ2n) is 8.20. The van der Waals surface area contributed by atoms with Gasteiger partial charge in [0, 0.05) is 17.0 Å². The van der Waals surface area contributed by atoms with Gasteiger partial charge in [0.2, 0.25) is 5.91 Å². The lowest BCUT2D eigenvalue weighted by Crippen LogP contribution is -3.16. The van der Waals surface area contributed by atoms with Gasteiger partial charge in [0.25, 0.3) is 0 Å². The second kappa shape index (κ2) is 8.53. The maximum atomic E-state index is 12.3. The van der Waals surface area contributed by atoms with Crippen molar-refractivity contribution in [3.63, 3.8) is 0 Å². The summed E-state index contributed by atoms with van der Waals surface area (Å²) in [7, 11) is 0. The Bertz CT molecular complexity index is 768. The number of anilines is 1. The smallest absolute Gasteiger partial charge is 0.231 e. The van der Waals surface area contributed by atoms with Gasteiger partial charge < -0.3 is 10.2 Å². The first-order valence-electron chi connectivity index (χ1n) is 10.3. The van der Waals surface area contributed by atoms with E-state index >= 15 is 0 Å². The second-order valence-corrected chi connectivity index (χ2v) is 9.14. The Morgan fingerprint density at radius 2 is 1.96 bits per heavy atom. The van der Waals surface area contributed by atoms with Crippen LogP contribution in [0.3, 0.4) is 0 Å². The van der Waals surface area contributed by atoms with E-state index in [-0.39, 0.29) is 5.91 Å². The summed E-state index contributed by atoms with van der Waals surface area (Å²) in [4.78, 5) is 18.8. The zero-order chi connectivity index (χ0) is 18.6. The number of quaternary nitrogens is 1. The summed E-state index contributed by atoms with van der Waals surface area (Å²) >= 11 is 1.62. The third-order valence-electron chi connectivity index (χ3n) is 6.16. The highest BCUT2D eigenvalue weighted by atomic mass is 32.1.